The lowest BCUT2D eigenvalue weighted by atomic mass is 10.1. The molecule has 0 bridgehead atoms. The van der Waals surface area contributed by atoms with Gasteiger partial charge in [-0.3, -0.25) is 4.79 Å². The minimum absolute atomic E-state index is 0.118. The van der Waals surface area contributed by atoms with E-state index in [1.165, 1.54) is 24.7 Å². The van der Waals surface area contributed by atoms with E-state index in [0.29, 0.717) is 0 Å². The molecule has 0 unspecified atom stereocenters. The largest absolute Gasteiger partial charge is 0.504 e. The van der Waals surface area contributed by atoms with Gasteiger partial charge in [-0.05, 0) is 18.2 Å². The summed E-state index contributed by atoms with van der Waals surface area (Å²) in [6.07, 6.45) is 2.65. The van der Waals surface area contributed by atoms with Crippen LogP contribution in [0.3, 0.4) is 0 Å². The summed E-state index contributed by atoms with van der Waals surface area (Å²) in [5.41, 5.74) is 10.7. The molecule has 0 saturated heterocycles. The second-order valence-corrected chi connectivity index (χ2v) is 4.38. The zero-order chi connectivity index (χ0) is 17.0. The highest BCUT2D eigenvalue weighted by Crippen LogP contribution is 2.34. The van der Waals surface area contributed by atoms with Crippen LogP contribution in [0.4, 0.5) is 11.5 Å². The molecule has 0 atom stereocenters. The fraction of sp³-hybridized carbons (Fsp3) is 0. The van der Waals surface area contributed by atoms with Crippen LogP contribution < -0.4 is 16.8 Å². The van der Waals surface area contributed by atoms with Crippen LogP contribution in [0.25, 0.3) is 5.70 Å². The van der Waals surface area contributed by atoms with E-state index in [2.05, 4.69) is 15.3 Å². The van der Waals surface area contributed by atoms with Crippen LogP contribution >= 0.6 is 0 Å². The third kappa shape index (κ3) is 3.27. The van der Waals surface area contributed by atoms with Gasteiger partial charge in [-0.2, -0.15) is 5.26 Å². The molecule has 116 valence electrons. The number of carbonyl (C=O) groups excluding carboxylic acids is 1. The highest BCUT2D eigenvalue weighted by atomic mass is 16.3. The molecule has 1 amide bonds. The first-order valence-corrected chi connectivity index (χ1v) is 6.23. The van der Waals surface area contributed by atoms with Crippen LogP contribution in [0.2, 0.25) is 0 Å². The summed E-state index contributed by atoms with van der Waals surface area (Å²) in [6, 6.07) is 5.46. The van der Waals surface area contributed by atoms with Gasteiger partial charge in [-0.25, -0.2) is 9.97 Å². The number of phenols is 2. The van der Waals surface area contributed by atoms with Gasteiger partial charge in [-0.1, -0.05) is 0 Å². The van der Waals surface area contributed by atoms with E-state index in [1.807, 2.05) is 0 Å². The number of rotatable bonds is 3. The number of hydrogen-bond donors (Lipinski definition) is 5. The first kappa shape index (κ1) is 15.6. The summed E-state index contributed by atoms with van der Waals surface area (Å²) in [5.74, 6) is -1.62. The topological polar surface area (TPSA) is 171 Å². The number of nitrogen functional groups attached to an aromatic ring is 1. The standard InChI is InChI=1S/C14H12N6O3/c15-5-8(14(23)20-11-1-2-18-6-19-11)12(17)7-3-9(16)13(22)10(21)4-7/h1-4,6,21-22H,16-17H2,(H,18,19,20,23)/b12-8-. The molecule has 2 aromatic rings. The predicted octanol–water partition coefficient (Wildman–Crippen LogP) is 0.302. The smallest absolute Gasteiger partial charge is 0.269 e. The maximum atomic E-state index is 12.1. The van der Waals surface area contributed by atoms with Crippen molar-refractivity contribution in [2.24, 2.45) is 5.73 Å². The molecule has 0 fully saturated rings. The number of nitrogens with zero attached hydrogens (tertiary/aromatic N) is 3. The summed E-state index contributed by atoms with van der Waals surface area (Å²) < 4.78 is 0. The Balaban J connectivity index is 2.40. The lowest BCUT2D eigenvalue weighted by Gasteiger charge is -2.09. The number of hydrogen-bond acceptors (Lipinski definition) is 8. The van der Waals surface area contributed by atoms with Gasteiger partial charge in [0.2, 0.25) is 0 Å². The zero-order valence-electron chi connectivity index (χ0n) is 11.7. The molecule has 1 aromatic heterocycles. The molecule has 0 radical (unpaired) electrons. The number of aromatic nitrogens is 2. The number of phenolic OH excluding ortho intramolecular Hbond substituents is 2. The van der Waals surface area contributed by atoms with Gasteiger partial charge in [0.15, 0.2) is 11.5 Å². The van der Waals surface area contributed by atoms with Crippen molar-refractivity contribution in [3.8, 4) is 17.6 Å². The van der Waals surface area contributed by atoms with Gasteiger partial charge < -0.3 is 27.0 Å². The molecule has 0 aliphatic heterocycles. The Morgan fingerprint density at radius 1 is 1.35 bits per heavy atom. The van der Waals surface area contributed by atoms with E-state index < -0.39 is 23.0 Å². The van der Waals surface area contributed by atoms with Gasteiger partial charge in [0.1, 0.15) is 23.8 Å². The lowest BCUT2D eigenvalue weighted by Crippen LogP contribution is -2.18. The molecule has 7 N–H and O–H groups in total. The predicted molar refractivity (Wildman–Crippen MR) is 81.6 cm³/mol. The van der Waals surface area contributed by atoms with Gasteiger partial charge in [0.05, 0.1) is 11.4 Å². The van der Waals surface area contributed by atoms with Gasteiger partial charge in [0, 0.05) is 11.8 Å². The maximum absolute atomic E-state index is 12.1. The Hall–Kier alpha value is -3.80. The monoisotopic (exact) mass is 312 g/mol. The fourth-order valence-corrected chi connectivity index (χ4v) is 1.72. The zero-order valence-corrected chi connectivity index (χ0v) is 11.7. The van der Waals surface area contributed by atoms with Crippen molar-refractivity contribution >= 4 is 23.1 Å². The first-order chi connectivity index (χ1) is 10.9. The number of nitrogens with one attached hydrogen (secondary N) is 1. The molecule has 0 saturated carbocycles. The Labute approximate surface area is 130 Å². The number of benzene rings is 1. The molecular formula is C14H12N6O3. The molecule has 1 aromatic carbocycles. The Kier molecular flexibility index (Phi) is 4.28. The molecule has 0 aliphatic rings. The third-order valence-electron chi connectivity index (χ3n) is 2.86. The van der Waals surface area contributed by atoms with E-state index in [1.54, 1.807) is 6.07 Å². The number of amides is 1. The normalized spacial score (nSPS) is 11.3. The quantitative estimate of drug-likeness (QED) is 0.233. The Bertz CT molecular complexity index is 803. The van der Waals surface area contributed by atoms with Crippen LogP contribution in [0.5, 0.6) is 11.5 Å². The van der Waals surface area contributed by atoms with Crippen LogP contribution in [-0.2, 0) is 4.79 Å². The molecule has 1 heterocycles. The van der Waals surface area contributed by atoms with E-state index in [0.717, 1.165) is 6.07 Å². The Morgan fingerprint density at radius 3 is 2.65 bits per heavy atom. The van der Waals surface area contributed by atoms with Crippen LogP contribution in [0.15, 0.2) is 36.3 Å². The number of nitriles is 1. The van der Waals surface area contributed by atoms with Crippen molar-refractivity contribution in [2.45, 2.75) is 0 Å². The highest BCUT2D eigenvalue weighted by Gasteiger charge is 2.17. The molecule has 23 heavy (non-hydrogen) atoms. The molecule has 0 aliphatic carbocycles. The van der Waals surface area contributed by atoms with Crippen molar-refractivity contribution in [3.63, 3.8) is 0 Å². The average Bonchev–Trinajstić information content (AvgIpc) is 2.53. The summed E-state index contributed by atoms with van der Waals surface area (Å²) >= 11 is 0. The van der Waals surface area contributed by atoms with Crippen molar-refractivity contribution < 1.29 is 15.0 Å². The van der Waals surface area contributed by atoms with Crippen LogP contribution in [0.1, 0.15) is 5.56 Å². The van der Waals surface area contributed by atoms with Crippen molar-refractivity contribution in [1.29, 1.82) is 5.26 Å². The lowest BCUT2D eigenvalue weighted by molar-refractivity contribution is -0.112. The van der Waals surface area contributed by atoms with Crippen molar-refractivity contribution in [2.75, 3.05) is 11.1 Å². The SMILES string of the molecule is N#C/C(C(=O)Nc1ccncn1)=C(/N)c1cc(N)c(O)c(O)c1. The summed E-state index contributed by atoms with van der Waals surface area (Å²) in [4.78, 5) is 19.6. The number of aromatic hydroxyl groups is 2. The van der Waals surface area contributed by atoms with Crippen molar-refractivity contribution in [3.05, 3.63) is 41.9 Å². The molecule has 9 nitrogen and oxygen atoms in total. The van der Waals surface area contributed by atoms with Crippen LogP contribution in [0, 0.1) is 11.3 Å². The second kappa shape index (κ2) is 6.31. The summed E-state index contributed by atoms with van der Waals surface area (Å²) in [6.45, 7) is 0. The second-order valence-electron chi connectivity index (χ2n) is 4.38. The first-order valence-electron chi connectivity index (χ1n) is 6.23. The highest BCUT2D eigenvalue weighted by molar-refractivity contribution is 6.11. The number of carbonyl (C=O) groups is 1. The third-order valence-corrected chi connectivity index (χ3v) is 2.86. The summed E-state index contributed by atoms with van der Waals surface area (Å²) in [5, 5.41) is 30.5. The number of anilines is 2. The maximum Gasteiger partial charge on any atom is 0.269 e. The molecular weight excluding hydrogens is 300 g/mol. The van der Waals surface area contributed by atoms with E-state index >= 15 is 0 Å². The number of nitrogens with two attached hydrogens (primary N) is 2. The minimum Gasteiger partial charge on any atom is -0.504 e. The van der Waals surface area contributed by atoms with Gasteiger partial charge in [-0.15, -0.1) is 0 Å². The van der Waals surface area contributed by atoms with E-state index in [4.69, 9.17) is 11.5 Å². The molecule has 9 heteroatoms. The minimum atomic E-state index is -0.783. The van der Waals surface area contributed by atoms with Crippen molar-refractivity contribution in [1.82, 2.24) is 9.97 Å². The fourth-order valence-electron chi connectivity index (χ4n) is 1.72. The Morgan fingerprint density at radius 2 is 2.09 bits per heavy atom. The van der Waals surface area contributed by atoms with Gasteiger partial charge >= 0.3 is 0 Å². The van der Waals surface area contributed by atoms with E-state index in [-0.39, 0.29) is 22.8 Å². The van der Waals surface area contributed by atoms with Crippen LogP contribution in [-0.4, -0.2) is 26.1 Å². The summed E-state index contributed by atoms with van der Waals surface area (Å²) in [7, 11) is 0. The molecule has 0 spiro atoms. The average molecular weight is 312 g/mol. The van der Waals surface area contributed by atoms with E-state index in [9.17, 15) is 20.3 Å². The van der Waals surface area contributed by atoms with Gasteiger partial charge in [0.25, 0.3) is 5.91 Å². The molecule has 2 rings (SSSR count).